The molecule has 0 atom stereocenters. The van der Waals surface area contributed by atoms with Gasteiger partial charge in [0.1, 0.15) is 11.5 Å². The first-order chi connectivity index (χ1) is 11.1. The summed E-state index contributed by atoms with van der Waals surface area (Å²) in [5.41, 5.74) is 1.25. The molecule has 0 heterocycles. The van der Waals surface area contributed by atoms with Gasteiger partial charge in [-0.05, 0) is 54.6 Å². The predicted octanol–water partition coefficient (Wildman–Crippen LogP) is 6.23. The molecule has 0 fully saturated rings. The van der Waals surface area contributed by atoms with Gasteiger partial charge in [0.05, 0.1) is 0 Å². The van der Waals surface area contributed by atoms with Crippen molar-refractivity contribution in [2.24, 2.45) is 0 Å². The van der Waals surface area contributed by atoms with E-state index in [1.165, 1.54) is 0 Å². The van der Waals surface area contributed by atoms with E-state index in [1.807, 2.05) is 48.5 Å². The number of halogens is 2. The molecule has 0 aromatic heterocycles. The third kappa shape index (κ3) is 4.09. The van der Waals surface area contributed by atoms with E-state index >= 15 is 0 Å². The molecule has 114 valence electrons. The van der Waals surface area contributed by atoms with Crippen molar-refractivity contribution in [1.82, 2.24) is 0 Å². The third-order valence-electron chi connectivity index (χ3n) is 3.22. The zero-order valence-electron chi connectivity index (χ0n) is 12.0. The Morgan fingerprint density at radius 3 is 1.87 bits per heavy atom. The lowest BCUT2D eigenvalue weighted by molar-refractivity contribution is 0.103. The minimum absolute atomic E-state index is 0.0294. The van der Waals surface area contributed by atoms with Crippen LogP contribution in [0, 0.1) is 0 Å². The first-order valence-electron chi connectivity index (χ1n) is 6.95. The van der Waals surface area contributed by atoms with E-state index in [4.69, 9.17) is 4.74 Å². The molecule has 0 saturated heterocycles. The van der Waals surface area contributed by atoms with Crippen molar-refractivity contribution < 1.29 is 9.53 Å². The lowest BCUT2D eigenvalue weighted by Gasteiger charge is -2.07. The molecule has 0 amide bonds. The Kier molecular flexibility index (Phi) is 4.94. The summed E-state index contributed by atoms with van der Waals surface area (Å²) in [5, 5.41) is 0. The van der Waals surface area contributed by atoms with Crippen LogP contribution < -0.4 is 4.74 Å². The summed E-state index contributed by atoms with van der Waals surface area (Å²) < 4.78 is 7.45. The fourth-order valence-corrected chi connectivity index (χ4v) is 3.44. The first kappa shape index (κ1) is 16.0. The molecule has 0 saturated carbocycles. The van der Waals surface area contributed by atoms with E-state index in [0.717, 1.165) is 14.7 Å². The van der Waals surface area contributed by atoms with E-state index in [-0.39, 0.29) is 5.78 Å². The SMILES string of the molecule is O=C(c1ccc(Oc2ccccc2)cc1)c1cc(Br)cc(Br)c1. The number of hydrogen-bond acceptors (Lipinski definition) is 2. The summed E-state index contributed by atoms with van der Waals surface area (Å²) in [4.78, 5) is 12.5. The van der Waals surface area contributed by atoms with E-state index in [1.54, 1.807) is 24.3 Å². The van der Waals surface area contributed by atoms with Crippen LogP contribution in [-0.2, 0) is 0 Å². The van der Waals surface area contributed by atoms with Crippen LogP contribution in [0.3, 0.4) is 0 Å². The highest BCUT2D eigenvalue weighted by molar-refractivity contribution is 9.11. The molecule has 4 heteroatoms. The molecule has 0 N–H and O–H groups in total. The zero-order valence-corrected chi connectivity index (χ0v) is 15.2. The quantitative estimate of drug-likeness (QED) is 0.457. The molecule has 3 aromatic rings. The Hall–Kier alpha value is -1.91. The first-order valence-corrected chi connectivity index (χ1v) is 8.54. The number of rotatable bonds is 4. The van der Waals surface area contributed by atoms with Crippen molar-refractivity contribution in [2.45, 2.75) is 0 Å². The summed E-state index contributed by atoms with van der Waals surface area (Å²) in [6, 6.07) is 22.2. The molecule has 0 aliphatic heterocycles. The van der Waals surface area contributed by atoms with E-state index in [0.29, 0.717) is 16.9 Å². The molecule has 0 bridgehead atoms. The van der Waals surface area contributed by atoms with Crippen molar-refractivity contribution in [1.29, 1.82) is 0 Å². The van der Waals surface area contributed by atoms with Gasteiger partial charge in [0.25, 0.3) is 0 Å². The summed E-state index contributed by atoms with van der Waals surface area (Å²) in [5.74, 6) is 1.43. The topological polar surface area (TPSA) is 26.3 Å². The summed E-state index contributed by atoms with van der Waals surface area (Å²) in [6.45, 7) is 0. The van der Waals surface area contributed by atoms with Crippen LogP contribution in [-0.4, -0.2) is 5.78 Å². The van der Waals surface area contributed by atoms with Crippen LogP contribution in [0.4, 0.5) is 0 Å². The van der Waals surface area contributed by atoms with Crippen molar-refractivity contribution in [3.63, 3.8) is 0 Å². The second kappa shape index (κ2) is 7.11. The maximum absolute atomic E-state index is 12.5. The molecule has 0 unspecified atom stereocenters. The standard InChI is InChI=1S/C19H12Br2O2/c20-15-10-14(11-16(21)12-15)19(22)13-6-8-18(9-7-13)23-17-4-2-1-3-5-17/h1-12H. The van der Waals surface area contributed by atoms with Crippen molar-refractivity contribution in [3.05, 3.63) is 92.9 Å². The molecular formula is C19H12Br2O2. The van der Waals surface area contributed by atoms with E-state index in [9.17, 15) is 4.79 Å². The van der Waals surface area contributed by atoms with Gasteiger partial charge in [-0.1, -0.05) is 50.1 Å². The van der Waals surface area contributed by atoms with Gasteiger partial charge in [-0.2, -0.15) is 0 Å². The predicted molar refractivity (Wildman–Crippen MR) is 98.2 cm³/mol. The number of hydrogen-bond donors (Lipinski definition) is 0. The number of para-hydroxylation sites is 1. The smallest absolute Gasteiger partial charge is 0.193 e. The molecule has 3 aromatic carbocycles. The highest BCUT2D eigenvalue weighted by atomic mass is 79.9. The molecular weight excluding hydrogens is 420 g/mol. The Bertz CT molecular complexity index is 807. The van der Waals surface area contributed by atoms with Gasteiger partial charge in [0.2, 0.25) is 0 Å². The van der Waals surface area contributed by atoms with Crippen molar-refractivity contribution in [3.8, 4) is 11.5 Å². The summed E-state index contributed by atoms with van der Waals surface area (Å²) in [6.07, 6.45) is 0. The van der Waals surface area contributed by atoms with Crippen LogP contribution in [0.2, 0.25) is 0 Å². The summed E-state index contributed by atoms with van der Waals surface area (Å²) >= 11 is 6.80. The molecule has 0 spiro atoms. The number of carbonyl (C=O) groups excluding carboxylic acids is 1. The van der Waals surface area contributed by atoms with Gasteiger partial charge in [-0.3, -0.25) is 4.79 Å². The Morgan fingerprint density at radius 1 is 0.696 bits per heavy atom. The average Bonchev–Trinajstić information content (AvgIpc) is 2.55. The van der Waals surface area contributed by atoms with Crippen molar-refractivity contribution in [2.75, 3.05) is 0 Å². The Balaban J connectivity index is 1.80. The van der Waals surface area contributed by atoms with Gasteiger partial charge in [0, 0.05) is 20.1 Å². The molecule has 2 nitrogen and oxygen atoms in total. The maximum Gasteiger partial charge on any atom is 0.193 e. The molecule has 23 heavy (non-hydrogen) atoms. The van der Waals surface area contributed by atoms with Gasteiger partial charge in [-0.25, -0.2) is 0 Å². The second-order valence-electron chi connectivity index (χ2n) is 4.93. The number of ketones is 1. The fraction of sp³-hybridized carbons (Fsp3) is 0. The molecule has 0 aliphatic carbocycles. The van der Waals surface area contributed by atoms with Crippen LogP contribution in [0.5, 0.6) is 11.5 Å². The number of benzene rings is 3. The molecule has 0 aliphatic rings. The number of ether oxygens (including phenoxy) is 1. The van der Waals surface area contributed by atoms with E-state index < -0.39 is 0 Å². The second-order valence-corrected chi connectivity index (χ2v) is 6.76. The molecule has 0 radical (unpaired) electrons. The number of carbonyl (C=O) groups is 1. The maximum atomic E-state index is 12.5. The average molecular weight is 432 g/mol. The van der Waals surface area contributed by atoms with Crippen LogP contribution in [0.1, 0.15) is 15.9 Å². The van der Waals surface area contributed by atoms with Crippen LogP contribution in [0.15, 0.2) is 81.7 Å². The zero-order chi connectivity index (χ0) is 16.2. The minimum atomic E-state index is -0.0294. The fourth-order valence-electron chi connectivity index (χ4n) is 2.15. The van der Waals surface area contributed by atoms with Gasteiger partial charge >= 0.3 is 0 Å². The van der Waals surface area contributed by atoms with Gasteiger partial charge in [0.15, 0.2) is 5.78 Å². The lowest BCUT2D eigenvalue weighted by Crippen LogP contribution is -2.01. The minimum Gasteiger partial charge on any atom is -0.457 e. The van der Waals surface area contributed by atoms with Crippen molar-refractivity contribution >= 4 is 37.6 Å². The monoisotopic (exact) mass is 430 g/mol. The van der Waals surface area contributed by atoms with Gasteiger partial charge in [-0.15, -0.1) is 0 Å². The Labute approximate surface area is 151 Å². The Morgan fingerprint density at radius 2 is 1.26 bits per heavy atom. The summed E-state index contributed by atoms with van der Waals surface area (Å²) in [7, 11) is 0. The van der Waals surface area contributed by atoms with Gasteiger partial charge < -0.3 is 4.74 Å². The van der Waals surface area contributed by atoms with E-state index in [2.05, 4.69) is 31.9 Å². The lowest BCUT2D eigenvalue weighted by atomic mass is 10.0. The van der Waals surface area contributed by atoms with Crippen LogP contribution in [0.25, 0.3) is 0 Å². The highest BCUT2D eigenvalue weighted by Gasteiger charge is 2.11. The largest absolute Gasteiger partial charge is 0.457 e. The highest BCUT2D eigenvalue weighted by Crippen LogP contribution is 2.24. The normalized spacial score (nSPS) is 10.3. The molecule has 3 rings (SSSR count). The van der Waals surface area contributed by atoms with Crippen LogP contribution >= 0.6 is 31.9 Å². The third-order valence-corrected chi connectivity index (χ3v) is 4.14.